The summed E-state index contributed by atoms with van der Waals surface area (Å²) in [5.41, 5.74) is 1.31. The zero-order chi connectivity index (χ0) is 17.8. The van der Waals surface area contributed by atoms with Crippen LogP contribution in [0.15, 0.2) is 30.3 Å². The SMILES string of the molecule is COCC1(C(=O)N2CCC(C)(CCc3ccccc3)C2)CCNCC1. The summed E-state index contributed by atoms with van der Waals surface area (Å²) in [6.07, 6.45) is 5.10. The minimum Gasteiger partial charge on any atom is -0.384 e. The van der Waals surface area contributed by atoms with Crippen LogP contribution < -0.4 is 5.32 Å². The number of hydrogen-bond acceptors (Lipinski definition) is 3. The van der Waals surface area contributed by atoms with Crippen molar-refractivity contribution >= 4 is 5.91 Å². The van der Waals surface area contributed by atoms with Gasteiger partial charge in [0, 0.05) is 20.2 Å². The molecule has 1 amide bonds. The highest BCUT2D eigenvalue weighted by atomic mass is 16.5. The molecule has 3 rings (SSSR count). The lowest BCUT2D eigenvalue weighted by Crippen LogP contribution is -2.51. The van der Waals surface area contributed by atoms with Crippen molar-refractivity contribution in [2.45, 2.75) is 39.0 Å². The zero-order valence-electron chi connectivity index (χ0n) is 15.7. The van der Waals surface area contributed by atoms with Crippen LogP contribution in [0, 0.1) is 10.8 Å². The van der Waals surface area contributed by atoms with E-state index in [0.717, 1.165) is 58.3 Å². The Balaban J connectivity index is 1.61. The van der Waals surface area contributed by atoms with Crippen LogP contribution in [-0.4, -0.2) is 50.7 Å². The van der Waals surface area contributed by atoms with Crippen LogP contribution >= 0.6 is 0 Å². The van der Waals surface area contributed by atoms with Gasteiger partial charge in [-0.1, -0.05) is 37.3 Å². The number of aryl methyl sites for hydroxylation is 1. The van der Waals surface area contributed by atoms with Crippen LogP contribution in [0.4, 0.5) is 0 Å². The average Bonchev–Trinajstić information content (AvgIpc) is 3.04. The highest BCUT2D eigenvalue weighted by Gasteiger charge is 2.45. The number of piperidine rings is 1. The summed E-state index contributed by atoms with van der Waals surface area (Å²) >= 11 is 0. The lowest BCUT2D eigenvalue weighted by Gasteiger charge is -2.39. The molecule has 1 N–H and O–H groups in total. The van der Waals surface area contributed by atoms with E-state index < -0.39 is 0 Å². The summed E-state index contributed by atoms with van der Waals surface area (Å²) < 4.78 is 5.45. The van der Waals surface area contributed by atoms with Gasteiger partial charge in [-0.3, -0.25) is 4.79 Å². The molecule has 0 aromatic heterocycles. The van der Waals surface area contributed by atoms with Crippen LogP contribution in [0.5, 0.6) is 0 Å². The number of methoxy groups -OCH3 is 1. The number of hydrogen-bond donors (Lipinski definition) is 1. The molecular weight excluding hydrogens is 312 g/mol. The second kappa shape index (κ2) is 7.88. The summed E-state index contributed by atoms with van der Waals surface area (Å²) in [7, 11) is 1.71. The van der Waals surface area contributed by atoms with Crippen LogP contribution in [0.2, 0.25) is 0 Å². The third kappa shape index (κ3) is 4.24. The molecule has 1 unspecified atom stereocenters. The Morgan fingerprint density at radius 1 is 1.20 bits per heavy atom. The number of rotatable bonds is 6. The fraction of sp³-hybridized carbons (Fsp3) is 0.667. The van der Waals surface area contributed by atoms with Crippen molar-refractivity contribution in [3.63, 3.8) is 0 Å². The number of carbonyl (C=O) groups is 1. The number of benzene rings is 1. The van der Waals surface area contributed by atoms with Gasteiger partial charge in [0.25, 0.3) is 0 Å². The van der Waals surface area contributed by atoms with E-state index in [1.165, 1.54) is 5.56 Å². The van der Waals surface area contributed by atoms with Crippen LogP contribution in [0.1, 0.15) is 38.2 Å². The maximum atomic E-state index is 13.3. The molecule has 0 radical (unpaired) electrons. The zero-order valence-corrected chi connectivity index (χ0v) is 15.7. The normalized spacial score (nSPS) is 25.9. The Hall–Kier alpha value is -1.39. The van der Waals surface area contributed by atoms with E-state index in [-0.39, 0.29) is 10.8 Å². The Morgan fingerprint density at radius 3 is 2.60 bits per heavy atom. The molecule has 4 heteroatoms. The smallest absolute Gasteiger partial charge is 0.231 e. The van der Waals surface area contributed by atoms with Crippen molar-refractivity contribution in [1.82, 2.24) is 10.2 Å². The molecule has 0 saturated carbocycles. The molecule has 0 spiro atoms. The molecule has 1 aromatic rings. The number of nitrogens with zero attached hydrogens (tertiary/aromatic N) is 1. The minimum absolute atomic E-state index is 0.229. The highest BCUT2D eigenvalue weighted by Crippen LogP contribution is 2.39. The van der Waals surface area contributed by atoms with Crippen molar-refractivity contribution < 1.29 is 9.53 Å². The summed E-state index contributed by atoms with van der Waals surface area (Å²) in [5, 5.41) is 3.37. The van der Waals surface area contributed by atoms with Crippen LogP contribution in [0.25, 0.3) is 0 Å². The van der Waals surface area contributed by atoms with Gasteiger partial charge in [0.2, 0.25) is 5.91 Å². The molecule has 0 aliphatic carbocycles. The van der Waals surface area contributed by atoms with Gasteiger partial charge in [-0.15, -0.1) is 0 Å². The van der Waals surface area contributed by atoms with E-state index in [9.17, 15) is 4.79 Å². The largest absolute Gasteiger partial charge is 0.384 e. The Bertz CT molecular complexity index is 563. The van der Waals surface area contributed by atoms with Crippen molar-refractivity contribution in [3.8, 4) is 0 Å². The summed E-state index contributed by atoms with van der Waals surface area (Å²) in [5.74, 6) is 0.319. The van der Waals surface area contributed by atoms with Crippen LogP contribution in [-0.2, 0) is 16.0 Å². The van der Waals surface area contributed by atoms with Gasteiger partial charge in [-0.05, 0) is 56.2 Å². The molecule has 2 aliphatic heterocycles. The topological polar surface area (TPSA) is 41.6 Å². The van der Waals surface area contributed by atoms with E-state index in [1.807, 2.05) is 0 Å². The molecule has 1 atom stereocenters. The first-order valence-corrected chi connectivity index (χ1v) is 9.60. The van der Waals surface area contributed by atoms with Gasteiger partial charge in [0.1, 0.15) is 0 Å². The average molecular weight is 344 g/mol. The van der Waals surface area contributed by atoms with E-state index in [1.54, 1.807) is 7.11 Å². The van der Waals surface area contributed by atoms with Crippen molar-refractivity contribution in [2.24, 2.45) is 10.8 Å². The van der Waals surface area contributed by atoms with Gasteiger partial charge in [0.15, 0.2) is 0 Å². The molecule has 2 fully saturated rings. The molecule has 4 nitrogen and oxygen atoms in total. The van der Waals surface area contributed by atoms with E-state index >= 15 is 0 Å². The third-order valence-corrected chi connectivity index (χ3v) is 6.14. The van der Waals surface area contributed by atoms with E-state index in [4.69, 9.17) is 4.74 Å². The molecule has 2 saturated heterocycles. The molecular formula is C21H32N2O2. The summed E-state index contributed by atoms with van der Waals surface area (Å²) in [4.78, 5) is 15.4. The van der Waals surface area contributed by atoms with Gasteiger partial charge in [-0.2, -0.15) is 0 Å². The number of likely N-dealkylation sites (tertiary alicyclic amines) is 1. The molecule has 2 aliphatic rings. The number of nitrogens with one attached hydrogen (secondary N) is 1. The monoisotopic (exact) mass is 344 g/mol. The lowest BCUT2D eigenvalue weighted by molar-refractivity contribution is -0.146. The Morgan fingerprint density at radius 2 is 1.92 bits per heavy atom. The van der Waals surface area contributed by atoms with Gasteiger partial charge < -0.3 is 15.0 Å². The predicted molar refractivity (Wildman–Crippen MR) is 100 cm³/mol. The first-order valence-electron chi connectivity index (χ1n) is 9.60. The van der Waals surface area contributed by atoms with Crippen molar-refractivity contribution in [1.29, 1.82) is 0 Å². The van der Waals surface area contributed by atoms with Crippen molar-refractivity contribution in [3.05, 3.63) is 35.9 Å². The van der Waals surface area contributed by atoms with Gasteiger partial charge in [-0.25, -0.2) is 0 Å². The summed E-state index contributed by atoms with van der Waals surface area (Å²) in [6, 6.07) is 10.7. The van der Waals surface area contributed by atoms with E-state index in [2.05, 4.69) is 47.5 Å². The maximum Gasteiger partial charge on any atom is 0.231 e. The third-order valence-electron chi connectivity index (χ3n) is 6.14. The number of ether oxygens (including phenoxy) is 1. The first-order chi connectivity index (χ1) is 12.1. The lowest BCUT2D eigenvalue weighted by atomic mass is 9.78. The quantitative estimate of drug-likeness (QED) is 0.863. The number of amides is 1. The molecule has 2 heterocycles. The number of carbonyl (C=O) groups excluding carboxylic acids is 1. The summed E-state index contributed by atoms with van der Waals surface area (Å²) in [6.45, 7) is 6.49. The Labute approximate surface area is 151 Å². The van der Waals surface area contributed by atoms with E-state index in [0.29, 0.717) is 12.5 Å². The first kappa shape index (κ1) is 18.4. The Kier molecular flexibility index (Phi) is 5.80. The molecule has 25 heavy (non-hydrogen) atoms. The fourth-order valence-electron chi connectivity index (χ4n) is 4.43. The molecule has 1 aromatic carbocycles. The minimum atomic E-state index is -0.315. The standard InChI is InChI=1S/C21H32N2O2/c1-20(9-8-18-6-4-3-5-7-18)12-15-23(16-20)19(24)21(17-25-2)10-13-22-14-11-21/h3-7,22H,8-17H2,1-2H3. The van der Waals surface area contributed by atoms with Gasteiger partial charge in [0.05, 0.1) is 12.0 Å². The molecule has 138 valence electrons. The van der Waals surface area contributed by atoms with Crippen LogP contribution in [0.3, 0.4) is 0 Å². The maximum absolute atomic E-state index is 13.3. The highest BCUT2D eigenvalue weighted by molar-refractivity contribution is 5.83. The second-order valence-corrected chi connectivity index (χ2v) is 8.24. The fourth-order valence-corrected chi connectivity index (χ4v) is 4.43. The van der Waals surface area contributed by atoms with Crippen molar-refractivity contribution in [2.75, 3.05) is 39.9 Å². The predicted octanol–water partition coefficient (Wildman–Crippen LogP) is 2.87. The second-order valence-electron chi connectivity index (χ2n) is 8.24. The molecule has 0 bridgehead atoms. The van der Waals surface area contributed by atoms with Gasteiger partial charge >= 0.3 is 0 Å².